The van der Waals surface area contributed by atoms with Crippen molar-refractivity contribution in [2.45, 2.75) is 20.8 Å². The number of hydrogen-bond acceptors (Lipinski definition) is 1. The normalized spacial score (nSPS) is 10.2. The molecule has 0 atom stereocenters. The Kier molecular flexibility index (Phi) is 10.4. The van der Waals surface area contributed by atoms with Gasteiger partial charge in [-0.05, 0) is 20.8 Å². The fourth-order valence-electron chi connectivity index (χ4n) is 2.86. The molecule has 3 aromatic rings. The average molecular weight is 407 g/mol. The van der Waals surface area contributed by atoms with Crippen LogP contribution in [0.15, 0.2) is 72.8 Å². The molecule has 5 heteroatoms. The number of halogens is 1. The van der Waals surface area contributed by atoms with Crippen LogP contribution in [0.5, 0.6) is 0 Å². The predicted molar refractivity (Wildman–Crippen MR) is 114 cm³/mol. The largest absolute Gasteiger partial charge is 2.00 e. The molecule has 0 aliphatic heterocycles. The van der Waals surface area contributed by atoms with Crippen molar-refractivity contribution in [3.05, 3.63) is 89.5 Å². The summed E-state index contributed by atoms with van der Waals surface area (Å²) in [6.07, 6.45) is 0. The van der Waals surface area contributed by atoms with Gasteiger partial charge in [-0.2, -0.15) is 0 Å². The molecule has 0 bridgehead atoms. The molecule has 0 aliphatic carbocycles. The number of benzene rings is 3. The van der Waals surface area contributed by atoms with Crippen molar-refractivity contribution in [1.29, 1.82) is 0 Å². The van der Waals surface area contributed by atoms with Crippen molar-refractivity contribution in [3.8, 4) is 0 Å². The first kappa shape index (κ1) is 25.4. The molecule has 0 fully saturated rings. The van der Waals surface area contributed by atoms with Crippen molar-refractivity contribution in [1.82, 2.24) is 0 Å². The Labute approximate surface area is 190 Å². The van der Waals surface area contributed by atoms with Gasteiger partial charge in [0.05, 0.1) is 8.32 Å². The molecule has 0 radical (unpaired) electrons. The molecular formula is C21H24AlClMgOSi. The van der Waals surface area contributed by atoms with Gasteiger partial charge in [-0.1, -0.05) is 105 Å². The number of aryl methyl sites for hydroxylation is 3. The molecule has 0 heterocycles. The third kappa shape index (κ3) is 5.24. The summed E-state index contributed by atoms with van der Waals surface area (Å²) >= 11 is 0. The molecule has 0 unspecified atom stereocenters. The molecule has 0 spiro atoms. The van der Waals surface area contributed by atoms with E-state index in [4.69, 9.17) is 0 Å². The molecule has 3 aromatic carbocycles. The van der Waals surface area contributed by atoms with Crippen molar-refractivity contribution in [2.75, 3.05) is 0 Å². The Morgan fingerprint density at radius 3 is 0.923 bits per heavy atom. The van der Waals surface area contributed by atoms with Gasteiger partial charge in [0, 0.05) is 0 Å². The van der Waals surface area contributed by atoms with E-state index < -0.39 is 8.32 Å². The van der Waals surface area contributed by atoms with Crippen LogP contribution in [0.25, 0.3) is 0 Å². The van der Waals surface area contributed by atoms with Crippen LogP contribution in [-0.4, -0.2) is 48.7 Å². The maximum absolute atomic E-state index is 14.2. The van der Waals surface area contributed by atoms with E-state index in [1.165, 1.54) is 16.7 Å². The number of rotatable bonds is 3. The van der Waals surface area contributed by atoms with E-state index in [0.29, 0.717) is 0 Å². The van der Waals surface area contributed by atoms with E-state index in [9.17, 15) is 4.80 Å². The van der Waals surface area contributed by atoms with Crippen LogP contribution in [0.3, 0.4) is 0 Å². The van der Waals surface area contributed by atoms with E-state index in [1.54, 1.807) is 0 Å². The van der Waals surface area contributed by atoms with Gasteiger partial charge in [0.1, 0.15) is 0 Å². The van der Waals surface area contributed by atoms with Crippen molar-refractivity contribution < 1.29 is 17.2 Å². The van der Waals surface area contributed by atoms with Gasteiger partial charge in [0.25, 0.3) is 0 Å². The van der Waals surface area contributed by atoms with Crippen LogP contribution >= 0.6 is 0 Å². The molecule has 0 saturated heterocycles. The zero-order chi connectivity index (χ0) is 16.4. The first-order valence-corrected chi connectivity index (χ1v) is 9.83. The summed E-state index contributed by atoms with van der Waals surface area (Å²) in [6.45, 7) is 6.15. The average Bonchev–Trinajstić information content (AvgIpc) is 2.56. The summed E-state index contributed by atoms with van der Waals surface area (Å²) in [5.74, 6) is 0. The minimum absolute atomic E-state index is 0. The van der Waals surface area contributed by atoms with E-state index in [0.717, 1.165) is 15.6 Å². The second kappa shape index (κ2) is 10.7. The third-order valence-electron chi connectivity index (χ3n) is 4.37. The van der Waals surface area contributed by atoms with Gasteiger partial charge in [-0.15, -0.1) is 0 Å². The molecule has 3 rings (SSSR count). The van der Waals surface area contributed by atoms with Gasteiger partial charge < -0.3 is 17.2 Å². The van der Waals surface area contributed by atoms with Crippen LogP contribution in [0, 0.1) is 20.8 Å². The predicted octanol–water partition coefficient (Wildman–Crippen LogP) is -2.62. The molecule has 1 nitrogen and oxygen atoms in total. The van der Waals surface area contributed by atoms with E-state index in [-0.39, 0.29) is 52.8 Å². The molecule has 0 aliphatic rings. The van der Waals surface area contributed by atoms with Gasteiger partial charge in [-0.3, -0.25) is 0 Å². The van der Waals surface area contributed by atoms with Crippen LogP contribution in [0.4, 0.5) is 0 Å². The summed E-state index contributed by atoms with van der Waals surface area (Å²) in [6, 6.07) is 24.3. The second-order valence-corrected chi connectivity index (χ2v) is 9.37. The molecule has 26 heavy (non-hydrogen) atoms. The number of hydrogen-bond donors (Lipinski definition) is 0. The van der Waals surface area contributed by atoms with Crippen LogP contribution in [0.1, 0.15) is 16.7 Å². The first-order chi connectivity index (χ1) is 11.0. The van der Waals surface area contributed by atoms with Crippen molar-refractivity contribution >= 4 is 64.3 Å². The first-order valence-electron chi connectivity index (χ1n) is 7.92. The minimum Gasteiger partial charge on any atom is -1.00 e. The zero-order valence-electron chi connectivity index (χ0n) is 14.9. The monoisotopic (exact) mass is 406 g/mol. The zero-order valence-corrected chi connectivity index (χ0v) is 18.1. The SMILES string of the molecule is Cc1ccc([Si]([O-])(c2ccc(C)cc2)c2ccc(C)cc2)cc1.[AlH3].[Cl-].[Mg+2]. The van der Waals surface area contributed by atoms with E-state index in [2.05, 4.69) is 20.8 Å². The van der Waals surface area contributed by atoms with Crippen LogP contribution in [0.2, 0.25) is 0 Å². The van der Waals surface area contributed by atoms with Gasteiger partial charge in [0.2, 0.25) is 0 Å². The van der Waals surface area contributed by atoms with Crippen LogP contribution in [-0.2, 0) is 0 Å². The molecule has 0 N–H and O–H groups in total. The summed E-state index contributed by atoms with van der Waals surface area (Å²) < 4.78 is 0. The molecule has 0 aromatic heterocycles. The summed E-state index contributed by atoms with van der Waals surface area (Å²) in [5, 5.41) is 2.74. The Morgan fingerprint density at radius 2 is 0.731 bits per heavy atom. The smallest absolute Gasteiger partial charge is 1.00 e. The van der Waals surface area contributed by atoms with E-state index in [1.807, 2.05) is 72.8 Å². The third-order valence-corrected chi connectivity index (χ3v) is 7.81. The van der Waals surface area contributed by atoms with E-state index >= 15 is 0 Å². The maximum Gasteiger partial charge on any atom is 2.00 e. The summed E-state index contributed by atoms with van der Waals surface area (Å²) in [7, 11) is -3.20. The fraction of sp³-hybridized carbons (Fsp3) is 0.143. The van der Waals surface area contributed by atoms with Crippen molar-refractivity contribution in [2.24, 2.45) is 0 Å². The molecule has 0 amide bonds. The Balaban J connectivity index is 0.00000208. The maximum atomic E-state index is 14.2. The van der Waals surface area contributed by atoms with Crippen molar-refractivity contribution in [3.63, 3.8) is 0 Å². The Bertz CT molecular complexity index is 694. The molecule has 0 saturated carbocycles. The minimum atomic E-state index is -3.20. The van der Waals surface area contributed by atoms with Crippen LogP contribution < -0.4 is 32.8 Å². The van der Waals surface area contributed by atoms with Gasteiger partial charge in [0.15, 0.2) is 17.4 Å². The Morgan fingerprint density at radius 1 is 0.538 bits per heavy atom. The topological polar surface area (TPSA) is 23.1 Å². The second-order valence-electron chi connectivity index (χ2n) is 6.28. The summed E-state index contributed by atoms with van der Waals surface area (Å²) in [4.78, 5) is 14.2. The molecule has 130 valence electrons. The molecular weight excluding hydrogens is 383 g/mol. The quantitative estimate of drug-likeness (QED) is 0.345. The standard InChI is InChI=1S/C21H21OSi.Al.ClH.Mg.3H/c1-16-4-10-19(11-5-16)23(22,20-12-6-17(2)7-13-20)21-14-8-18(3)9-15-21;;;;;;/h4-15H,1-3H3;;1H;;;;/q-1;;;+2;;;/p-1. The van der Waals surface area contributed by atoms with Gasteiger partial charge in [-0.25, -0.2) is 0 Å². The Hall–Kier alpha value is -0.574. The summed E-state index contributed by atoms with van der Waals surface area (Å²) in [5.41, 5.74) is 3.54. The van der Waals surface area contributed by atoms with Gasteiger partial charge >= 0.3 is 23.1 Å². The fourth-order valence-corrected chi connectivity index (χ4v) is 5.77.